The van der Waals surface area contributed by atoms with E-state index in [0.29, 0.717) is 0 Å². The molecule has 0 unspecified atom stereocenters. The summed E-state index contributed by atoms with van der Waals surface area (Å²) >= 11 is 3.52. The van der Waals surface area contributed by atoms with Gasteiger partial charge in [-0.05, 0) is 29.3 Å². The SMILES string of the molecule is C=CC/C=C(/Br)CC/C=C1\C=NC=NC1. The molecular formula is C12H15BrN2. The standard InChI is InChI=1S/C12H15BrN2/c1-2-3-6-12(13)7-4-5-11-8-14-10-15-9-11/h2,5-6,8,10H,1,3-4,7,9H2/b11-5+,12-6+. The van der Waals surface area contributed by atoms with E-state index in [1.54, 1.807) is 6.34 Å². The summed E-state index contributed by atoms with van der Waals surface area (Å²) in [5.41, 5.74) is 1.20. The van der Waals surface area contributed by atoms with Crippen LogP contribution in [0.3, 0.4) is 0 Å². The molecule has 0 aromatic carbocycles. The summed E-state index contributed by atoms with van der Waals surface area (Å²) in [6.07, 6.45) is 12.6. The quantitative estimate of drug-likeness (QED) is 0.679. The van der Waals surface area contributed by atoms with Gasteiger partial charge in [0.2, 0.25) is 0 Å². The Morgan fingerprint density at radius 3 is 3.13 bits per heavy atom. The van der Waals surface area contributed by atoms with Crippen LogP contribution in [0.4, 0.5) is 0 Å². The molecule has 0 aliphatic carbocycles. The topological polar surface area (TPSA) is 24.7 Å². The van der Waals surface area contributed by atoms with Crippen molar-refractivity contribution >= 4 is 28.5 Å². The maximum Gasteiger partial charge on any atom is 0.110 e. The molecule has 0 bridgehead atoms. The van der Waals surface area contributed by atoms with Crippen LogP contribution in [0.25, 0.3) is 0 Å². The molecule has 0 aromatic rings. The van der Waals surface area contributed by atoms with Crippen LogP contribution in [0.5, 0.6) is 0 Å². The third kappa shape index (κ3) is 5.47. The Morgan fingerprint density at radius 1 is 1.60 bits per heavy atom. The first-order chi connectivity index (χ1) is 7.33. The lowest BCUT2D eigenvalue weighted by molar-refractivity contribution is 1.02. The molecule has 0 fully saturated rings. The monoisotopic (exact) mass is 266 g/mol. The predicted octanol–water partition coefficient (Wildman–Crippen LogP) is 3.66. The van der Waals surface area contributed by atoms with Gasteiger partial charge in [0.15, 0.2) is 0 Å². The molecule has 80 valence electrons. The number of hydrogen-bond donors (Lipinski definition) is 0. The normalized spacial score (nSPS) is 18.5. The third-order valence-corrected chi connectivity index (χ3v) is 2.68. The Bertz CT molecular complexity index is 325. The maximum atomic E-state index is 4.08. The van der Waals surface area contributed by atoms with Gasteiger partial charge in [-0.3, -0.25) is 4.99 Å². The zero-order valence-corrected chi connectivity index (χ0v) is 10.3. The fourth-order valence-corrected chi connectivity index (χ4v) is 1.61. The number of nitrogens with zero attached hydrogens (tertiary/aromatic N) is 2. The molecular weight excluding hydrogens is 252 g/mol. The number of rotatable bonds is 5. The van der Waals surface area contributed by atoms with Crippen molar-refractivity contribution in [3.05, 3.63) is 34.9 Å². The molecule has 0 spiro atoms. The van der Waals surface area contributed by atoms with Gasteiger partial charge in [0, 0.05) is 6.21 Å². The van der Waals surface area contributed by atoms with Crippen LogP contribution in [-0.4, -0.2) is 19.1 Å². The molecule has 1 rings (SSSR count). The van der Waals surface area contributed by atoms with E-state index < -0.39 is 0 Å². The van der Waals surface area contributed by atoms with Gasteiger partial charge in [-0.25, -0.2) is 4.99 Å². The van der Waals surface area contributed by atoms with Gasteiger partial charge in [-0.2, -0.15) is 0 Å². The first-order valence-electron chi connectivity index (χ1n) is 4.99. The average molecular weight is 267 g/mol. The van der Waals surface area contributed by atoms with E-state index in [2.05, 4.69) is 44.6 Å². The van der Waals surface area contributed by atoms with E-state index in [9.17, 15) is 0 Å². The molecule has 0 aromatic heterocycles. The molecule has 1 heterocycles. The van der Waals surface area contributed by atoms with E-state index in [1.165, 1.54) is 10.1 Å². The van der Waals surface area contributed by atoms with Gasteiger partial charge in [-0.1, -0.05) is 34.2 Å². The Hall–Kier alpha value is -0.960. The largest absolute Gasteiger partial charge is 0.269 e. The molecule has 1 aliphatic rings. The van der Waals surface area contributed by atoms with Crippen molar-refractivity contribution in [2.75, 3.05) is 6.54 Å². The van der Waals surface area contributed by atoms with Crippen molar-refractivity contribution in [3.63, 3.8) is 0 Å². The number of halogens is 1. The number of aliphatic imine (C=N–C) groups is 2. The zero-order chi connectivity index (χ0) is 10.9. The van der Waals surface area contributed by atoms with E-state index in [0.717, 1.165) is 25.8 Å². The lowest BCUT2D eigenvalue weighted by Crippen LogP contribution is -1.96. The minimum Gasteiger partial charge on any atom is -0.269 e. The zero-order valence-electron chi connectivity index (χ0n) is 8.69. The van der Waals surface area contributed by atoms with Crippen molar-refractivity contribution in [2.45, 2.75) is 19.3 Å². The summed E-state index contributed by atoms with van der Waals surface area (Å²) in [5, 5.41) is 0. The second-order valence-corrected chi connectivity index (χ2v) is 4.25. The van der Waals surface area contributed by atoms with E-state index in [4.69, 9.17) is 0 Å². The van der Waals surface area contributed by atoms with Gasteiger partial charge in [0.05, 0.1) is 6.54 Å². The van der Waals surface area contributed by atoms with Crippen molar-refractivity contribution in [1.29, 1.82) is 0 Å². The molecule has 0 saturated carbocycles. The fourth-order valence-electron chi connectivity index (χ4n) is 1.19. The van der Waals surface area contributed by atoms with Gasteiger partial charge < -0.3 is 0 Å². The fraction of sp³-hybridized carbons (Fsp3) is 0.333. The van der Waals surface area contributed by atoms with Crippen molar-refractivity contribution in [1.82, 2.24) is 0 Å². The highest BCUT2D eigenvalue weighted by Crippen LogP contribution is 2.15. The first kappa shape index (κ1) is 12.1. The molecule has 0 N–H and O–H groups in total. The van der Waals surface area contributed by atoms with Gasteiger partial charge in [0.25, 0.3) is 0 Å². The summed E-state index contributed by atoms with van der Waals surface area (Å²) < 4.78 is 1.23. The maximum absolute atomic E-state index is 4.08. The average Bonchev–Trinajstić information content (AvgIpc) is 2.28. The van der Waals surface area contributed by atoms with Crippen molar-refractivity contribution in [3.8, 4) is 0 Å². The highest BCUT2D eigenvalue weighted by molar-refractivity contribution is 9.11. The Morgan fingerprint density at radius 2 is 2.47 bits per heavy atom. The van der Waals surface area contributed by atoms with E-state index in [1.807, 2.05) is 12.3 Å². The van der Waals surface area contributed by atoms with Gasteiger partial charge in [0.1, 0.15) is 6.34 Å². The summed E-state index contributed by atoms with van der Waals surface area (Å²) in [4.78, 5) is 8.06. The van der Waals surface area contributed by atoms with Gasteiger partial charge in [-0.15, -0.1) is 6.58 Å². The summed E-state index contributed by atoms with van der Waals surface area (Å²) in [7, 11) is 0. The second kappa shape index (κ2) is 7.35. The summed E-state index contributed by atoms with van der Waals surface area (Å²) in [6, 6.07) is 0. The molecule has 15 heavy (non-hydrogen) atoms. The minimum absolute atomic E-state index is 0.761. The highest BCUT2D eigenvalue weighted by atomic mass is 79.9. The molecule has 0 amide bonds. The van der Waals surface area contributed by atoms with Crippen molar-refractivity contribution in [2.24, 2.45) is 9.98 Å². The van der Waals surface area contributed by atoms with Crippen LogP contribution in [0.1, 0.15) is 19.3 Å². The van der Waals surface area contributed by atoms with Crippen LogP contribution in [0.15, 0.2) is 44.8 Å². The summed E-state index contributed by atoms with van der Waals surface area (Å²) in [6.45, 7) is 4.44. The molecule has 3 heteroatoms. The van der Waals surface area contributed by atoms with Gasteiger partial charge >= 0.3 is 0 Å². The lowest BCUT2D eigenvalue weighted by Gasteiger charge is -2.01. The molecule has 0 radical (unpaired) electrons. The van der Waals surface area contributed by atoms with Crippen LogP contribution in [-0.2, 0) is 0 Å². The van der Waals surface area contributed by atoms with Crippen LogP contribution in [0.2, 0.25) is 0 Å². The smallest absolute Gasteiger partial charge is 0.110 e. The van der Waals surface area contributed by atoms with Crippen LogP contribution < -0.4 is 0 Å². The second-order valence-electron chi connectivity index (χ2n) is 3.23. The van der Waals surface area contributed by atoms with Crippen molar-refractivity contribution < 1.29 is 0 Å². The number of allylic oxidation sites excluding steroid dienone is 4. The third-order valence-electron chi connectivity index (χ3n) is 1.96. The van der Waals surface area contributed by atoms with Crippen LogP contribution in [0, 0.1) is 0 Å². The molecule has 2 nitrogen and oxygen atoms in total. The Balaban J connectivity index is 2.28. The van der Waals surface area contributed by atoms with E-state index >= 15 is 0 Å². The predicted molar refractivity (Wildman–Crippen MR) is 71.0 cm³/mol. The van der Waals surface area contributed by atoms with Crippen LogP contribution >= 0.6 is 15.9 Å². The van der Waals surface area contributed by atoms with E-state index in [-0.39, 0.29) is 0 Å². The first-order valence-corrected chi connectivity index (χ1v) is 5.78. The Kier molecular flexibility index (Phi) is 5.93. The Labute approximate surface area is 99.3 Å². The summed E-state index contributed by atoms with van der Waals surface area (Å²) in [5.74, 6) is 0. The molecule has 0 saturated heterocycles. The lowest BCUT2D eigenvalue weighted by atomic mass is 10.2. The molecule has 0 atom stereocenters. The minimum atomic E-state index is 0.761. The number of hydrogen-bond acceptors (Lipinski definition) is 2. The molecule has 1 aliphatic heterocycles. The highest BCUT2D eigenvalue weighted by Gasteiger charge is 1.95.